The molecule has 0 amide bonds. The third-order valence-corrected chi connectivity index (χ3v) is 0.621. The van der Waals surface area contributed by atoms with Crippen LogP contribution in [0.5, 0.6) is 0 Å². The zero-order chi connectivity index (χ0) is 4.99. The SMILES string of the molecule is CCC(O)OC.[Re]. The summed E-state index contributed by atoms with van der Waals surface area (Å²) in [6, 6.07) is 0. The van der Waals surface area contributed by atoms with Gasteiger partial charge in [-0.3, -0.25) is 0 Å². The van der Waals surface area contributed by atoms with Crippen molar-refractivity contribution >= 4 is 0 Å². The molecule has 3 heteroatoms. The third kappa shape index (κ3) is 6.58. The van der Waals surface area contributed by atoms with Crippen molar-refractivity contribution in [2.75, 3.05) is 7.11 Å². The number of aliphatic hydroxyl groups is 1. The first-order valence-electron chi connectivity index (χ1n) is 2.02. The topological polar surface area (TPSA) is 29.5 Å². The summed E-state index contributed by atoms with van der Waals surface area (Å²) in [5.41, 5.74) is 0. The molecule has 0 spiro atoms. The molecule has 0 saturated carbocycles. The van der Waals surface area contributed by atoms with Crippen molar-refractivity contribution < 1.29 is 30.3 Å². The van der Waals surface area contributed by atoms with Gasteiger partial charge in [-0.25, -0.2) is 0 Å². The van der Waals surface area contributed by atoms with E-state index in [9.17, 15) is 0 Å². The molecule has 0 bridgehead atoms. The van der Waals surface area contributed by atoms with E-state index in [0.29, 0.717) is 6.42 Å². The summed E-state index contributed by atoms with van der Waals surface area (Å²) < 4.78 is 4.45. The zero-order valence-corrected chi connectivity index (χ0v) is 7.23. The summed E-state index contributed by atoms with van der Waals surface area (Å²) in [5, 5.41) is 8.44. The van der Waals surface area contributed by atoms with Crippen LogP contribution in [0, 0.1) is 0 Å². The molecule has 0 aliphatic rings. The number of ether oxygens (including phenoxy) is 1. The maximum atomic E-state index is 8.44. The van der Waals surface area contributed by atoms with E-state index in [2.05, 4.69) is 4.74 Å². The normalized spacial score (nSPS) is 12.4. The van der Waals surface area contributed by atoms with Crippen LogP contribution in [-0.4, -0.2) is 18.5 Å². The number of hydrogen-bond acceptors (Lipinski definition) is 2. The summed E-state index contributed by atoms with van der Waals surface area (Å²) in [4.78, 5) is 0. The van der Waals surface area contributed by atoms with E-state index < -0.39 is 6.29 Å². The molecule has 0 fully saturated rings. The molecular weight excluding hydrogens is 266 g/mol. The van der Waals surface area contributed by atoms with Gasteiger partial charge < -0.3 is 9.84 Å². The molecule has 2 nitrogen and oxygen atoms in total. The van der Waals surface area contributed by atoms with Gasteiger partial charge in [0.25, 0.3) is 0 Å². The van der Waals surface area contributed by atoms with Crippen molar-refractivity contribution in [1.82, 2.24) is 0 Å². The molecule has 0 aliphatic heterocycles. The Hall–Kier alpha value is 0.582. The van der Waals surface area contributed by atoms with Gasteiger partial charge in [0, 0.05) is 27.5 Å². The van der Waals surface area contributed by atoms with Gasteiger partial charge in [-0.15, -0.1) is 0 Å². The van der Waals surface area contributed by atoms with E-state index >= 15 is 0 Å². The van der Waals surface area contributed by atoms with Crippen molar-refractivity contribution in [3.63, 3.8) is 0 Å². The van der Waals surface area contributed by atoms with E-state index in [1.165, 1.54) is 7.11 Å². The van der Waals surface area contributed by atoms with Crippen LogP contribution in [0.1, 0.15) is 13.3 Å². The van der Waals surface area contributed by atoms with Gasteiger partial charge in [-0.1, -0.05) is 6.92 Å². The Morgan fingerprint density at radius 2 is 2.14 bits per heavy atom. The summed E-state index contributed by atoms with van der Waals surface area (Å²) in [6.07, 6.45) is 0.0984. The molecule has 1 radical (unpaired) electrons. The molecule has 0 heterocycles. The number of aliphatic hydroxyl groups excluding tert-OH is 1. The minimum Gasteiger partial charge on any atom is -0.368 e. The summed E-state index contributed by atoms with van der Waals surface area (Å²) in [6.45, 7) is 1.86. The first-order valence-corrected chi connectivity index (χ1v) is 2.02. The molecule has 45 valence electrons. The van der Waals surface area contributed by atoms with Crippen molar-refractivity contribution in [2.24, 2.45) is 0 Å². The quantitative estimate of drug-likeness (QED) is 0.738. The monoisotopic (exact) mass is 277 g/mol. The van der Waals surface area contributed by atoms with Crippen molar-refractivity contribution in [3.05, 3.63) is 0 Å². The van der Waals surface area contributed by atoms with Gasteiger partial charge in [0.1, 0.15) is 0 Å². The largest absolute Gasteiger partial charge is 0.368 e. The second kappa shape index (κ2) is 6.58. The average molecular weight is 276 g/mol. The Morgan fingerprint density at radius 3 is 2.14 bits per heavy atom. The molecule has 1 unspecified atom stereocenters. The van der Waals surface area contributed by atoms with E-state index in [4.69, 9.17) is 5.11 Å². The van der Waals surface area contributed by atoms with Gasteiger partial charge >= 0.3 is 0 Å². The molecule has 0 aromatic carbocycles. The van der Waals surface area contributed by atoms with Gasteiger partial charge in [0.05, 0.1) is 0 Å². The number of rotatable bonds is 2. The van der Waals surface area contributed by atoms with Crippen LogP contribution >= 0.6 is 0 Å². The average Bonchev–Trinajstić information content (AvgIpc) is 1.65. The van der Waals surface area contributed by atoms with Crippen molar-refractivity contribution in [1.29, 1.82) is 0 Å². The number of methoxy groups -OCH3 is 1. The Bertz CT molecular complexity index is 28.9. The minimum absolute atomic E-state index is 0. The van der Waals surface area contributed by atoms with Crippen molar-refractivity contribution in [2.45, 2.75) is 19.6 Å². The molecule has 0 aromatic rings. The van der Waals surface area contributed by atoms with Crippen LogP contribution in [-0.2, 0) is 25.2 Å². The Morgan fingerprint density at radius 1 is 1.71 bits per heavy atom. The Labute approximate surface area is 57.5 Å². The third-order valence-electron chi connectivity index (χ3n) is 0.621. The van der Waals surface area contributed by atoms with Crippen LogP contribution in [0.25, 0.3) is 0 Å². The summed E-state index contributed by atoms with van der Waals surface area (Å²) in [7, 11) is 1.48. The second-order valence-corrected chi connectivity index (χ2v) is 1.10. The van der Waals surface area contributed by atoms with E-state index in [-0.39, 0.29) is 20.4 Å². The summed E-state index contributed by atoms with van der Waals surface area (Å²) >= 11 is 0. The first-order chi connectivity index (χ1) is 2.81. The molecule has 0 saturated heterocycles. The Kier molecular flexibility index (Phi) is 9.91. The second-order valence-electron chi connectivity index (χ2n) is 1.10. The molecule has 1 N–H and O–H groups in total. The fourth-order valence-electron chi connectivity index (χ4n) is 0.167. The van der Waals surface area contributed by atoms with E-state index in [1.807, 2.05) is 6.92 Å². The van der Waals surface area contributed by atoms with Gasteiger partial charge in [-0.05, 0) is 6.42 Å². The standard InChI is InChI=1S/C4H10O2.Re/c1-3-4(5)6-2;/h4-5H,3H2,1-2H3;. The molecule has 1 atom stereocenters. The molecular formula is C4H10O2Re. The van der Waals surface area contributed by atoms with Crippen LogP contribution in [0.2, 0.25) is 0 Å². The zero-order valence-electron chi connectivity index (χ0n) is 4.52. The van der Waals surface area contributed by atoms with Crippen LogP contribution in [0.4, 0.5) is 0 Å². The fraction of sp³-hybridized carbons (Fsp3) is 1.00. The number of hydrogen-bond donors (Lipinski definition) is 1. The van der Waals surface area contributed by atoms with Crippen molar-refractivity contribution in [3.8, 4) is 0 Å². The van der Waals surface area contributed by atoms with Crippen LogP contribution in [0.3, 0.4) is 0 Å². The van der Waals surface area contributed by atoms with Crippen LogP contribution in [0.15, 0.2) is 0 Å². The Balaban J connectivity index is 0. The minimum atomic E-state index is -0.565. The maximum absolute atomic E-state index is 8.44. The maximum Gasteiger partial charge on any atom is 0.153 e. The fourth-order valence-corrected chi connectivity index (χ4v) is 0.167. The van der Waals surface area contributed by atoms with Gasteiger partial charge in [0.2, 0.25) is 0 Å². The summed E-state index contributed by atoms with van der Waals surface area (Å²) in [5.74, 6) is 0. The van der Waals surface area contributed by atoms with E-state index in [1.54, 1.807) is 0 Å². The van der Waals surface area contributed by atoms with E-state index in [0.717, 1.165) is 0 Å². The predicted molar refractivity (Wildman–Crippen MR) is 23.3 cm³/mol. The van der Waals surface area contributed by atoms with Gasteiger partial charge in [-0.2, -0.15) is 0 Å². The molecule has 0 aromatic heterocycles. The smallest absolute Gasteiger partial charge is 0.153 e. The van der Waals surface area contributed by atoms with Crippen LogP contribution < -0.4 is 0 Å². The first kappa shape index (κ1) is 10.5. The molecule has 7 heavy (non-hydrogen) atoms. The predicted octanol–water partition coefficient (Wildman–Crippen LogP) is 0.359. The van der Waals surface area contributed by atoms with Gasteiger partial charge in [0.15, 0.2) is 6.29 Å². The molecule has 0 rings (SSSR count). The molecule has 0 aliphatic carbocycles.